The molecule has 2 atom stereocenters. The molecule has 4 nitrogen and oxygen atoms in total. The fourth-order valence-corrected chi connectivity index (χ4v) is 5.11. The summed E-state index contributed by atoms with van der Waals surface area (Å²) in [4.78, 5) is 26.0. The molecule has 2 aromatic rings. The van der Waals surface area contributed by atoms with E-state index in [1.54, 1.807) is 17.0 Å². The molecular weight excluding hydrogens is 393 g/mol. The van der Waals surface area contributed by atoms with E-state index in [4.69, 9.17) is 23.2 Å². The Hall–Kier alpha value is -1.69. The second-order valence-electron chi connectivity index (χ2n) is 5.91. The number of carbonyl (C=O) groups is 2. The SMILES string of the molecule is CCN1C(=O)C(CC(=O)O)SC(c2ccccc2Cl)c2cc(Cl)ccc21. The number of thioether (sulfide) groups is 1. The molecule has 0 radical (unpaired) electrons. The highest BCUT2D eigenvalue weighted by atomic mass is 35.5. The van der Waals surface area contributed by atoms with Crippen LogP contribution in [0.1, 0.15) is 29.7 Å². The number of amides is 1. The minimum atomic E-state index is -1.01. The number of nitrogens with zero attached hydrogens (tertiary/aromatic N) is 1. The van der Waals surface area contributed by atoms with Gasteiger partial charge < -0.3 is 10.0 Å². The maximum Gasteiger partial charge on any atom is 0.305 e. The summed E-state index contributed by atoms with van der Waals surface area (Å²) in [6.07, 6.45) is -0.247. The van der Waals surface area contributed by atoms with Gasteiger partial charge in [0.15, 0.2) is 0 Å². The Morgan fingerprint density at radius 3 is 2.58 bits per heavy atom. The largest absolute Gasteiger partial charge is 0.481 e. The molecule has 2 aromatic carbocycles. The summed E-state index contributed by atoms with van der Waals surface area (Å²) in [6, 6.07) is 12.8. The van der Waals surface area contributed by atoms with Crippen LogP contribution in [-0.2, 0) is 9.59 Å². The lowest BCUT2D eigenvalue weighted by atomic mass is 10.0. The third-order valence-electron chi connectivity index (χ3n) is 4.27. The van der Waals surface area contributed by atoms with Gasteiger partial charge in [-0.05, 0) is 42.3 Å². The molecule has 1 aliphatic rings. The van der Waals surface area contributed by atoms with Gasteiger partial charge in [-0.25, -0.2) is 0 Å². The summed E-state index contributed by atoms with van der Waals surface area (Å²) in [5.41, 5.74) is 2.44. The molecule has 7 heteroatoms. The van der Waals surface area contributed by atoms with Crippen LogP contribution in [-0.4, -0.2) is 28.8 Å². The number of carboxylic acids is 1. The lowest BCUT2D eigenvalue weighted by molar-refractivity contribution is -0.138. The van der Waals surface area contributed by atoms with Crippen LogP contribution in [0.4, 0.5) is 5.69 Å². The number of carboxylic acid groups (broad SMARTS) is 1. The first-order chi connectivity index (χ1) is 12.4. The summed E-state index contributed by atoms with van der Waals surface area (Å²) < 4.78 is 0. The number of fused-ring (bicyclic) bond motifs is 1. The third-order valence-corrected chi connectivity index (χ3v) is 6.32. The van der Waals surface area contributed by atoms with Crippen molar-refractivity contribution in [2.24, 2.45) is 0 Å². The van der Waals surface area contributed by atoms with Crippen LogP contribution in [0.15, 0.2) is 42.5 Å². The van der Waals surface area contributed by atoms with E-state index in [-0.39, 0.29) is 17.6 Å². The van der Waals surface area contributed by atoms with Gasteiger partial charge in [0.25, 0.3) is 0 Å². The number of halogens is 2. The Bertz CT molecular complexity index is 858. The molecule has 0 fully saturated rings. The molecule has 2 unspecified atom stereocenters. The first-order valence-electron chi connectivity index (χ1n) is 8.14. The van der Waals surface area contributed by atoms with Crippen molar-refractivity contribution >= 4 is 52.5 Å². The summed E-state index contributed by atoms with van der Waals surface area (Å²) in [6.45, 7) is 2.31. The van der Waals surface area contributed by atoms with Gasteiger partial charge in [0.05, 0.1) is 16.9 Å². The predicted octanol–water partition coefficient (Wildman–Crippen LogP) is 5.03. The van der Waals surface area contributed by atoms with Gasteiger partial charge in [-0.15, -0.1) is 11.8 Å². The predicted molar refractivity (Wildman–Crippen MR) is 106 cm³/mol. The van der Waals surface area contributed by atoms with Gasteiger partial charge in [-0.1, -0.05) is 41.4 Å². The van der Waals surface area contributed by atoms with Crippen molar-refractivity contribution in [2.75, 3.05) is 11.4 Å². The summed E-state index contributed by atoms with van der Waals surface area (Å²) >= 11 is 14.0. The molecule has 1 heterocycles. The fraction of sp³-hybridized carbons (Fsp3) is 0.263. The van der Waals surface area contributed by atoms with Crippen LogP contribution in [0.5, 0.6) is 0 Å². The quantitative estimate of drug-likeness (QED) is 0.769. The molecule has 136 valence electrons. The van der Waals surface area contributed by atoms with E-state index in [0.29, 0.717) is 16.6 Å². The number of anilines is 1. The van der Waals surface area contributed by atoms with E-state index in [1.807, 2.05) is 37.3 Å². The highest BCUT2D eigenvalue weighted by Crippen LogP contribution is 2.48. The van der Waals surface area contributed by atoms with Gasteiger partial charge in [0.2, 0.25) is 5.91 Å². The molecule has 1 amide bonds. The van der Waals surface area contributed by atoms with Crippen molar-refractivity contribution in [1.82, 2.24) is 0 Å². The number of benzene rings is 2. The molecule has 1 N–H and O–H groups in total. The molecular formula is C19H17Cl2NO3S. The van der Waals surface area contributed by atoms with Crippen LogP contribution in [0.3, 0.4) is 0 Å². The van der Waals surface area contributed by atoms with Gasteiger partial charge >= 0.3 is 5.97 Å². The highest BCUT2D eigenvalue weighted by molar-refractivity contribution is 8.01. The van der Waals surface area contributed by atoms with Crippen LogP contribution < -0.4 is 4.90 Å². The van der Waals surface area contributed by atoms with Gasteiger partial charge in [-0.3, -0.25) is 9.59 Å². The van der Waals surface area contributed by atoms with E-state index in [0.717, 1.165) is 16.8 Å². The zero-order valence-corrected chi connectivity index (χ0v) is 16.3. The molecule has 26 heavy (non-hydrogen) atoms. The van der Waals surface area contributed by atoms with Gasteiger partial charge in [0, 0.05) is 22.3 Å². The lowest BCUT2D eigenvalue weighted by Crippen LogP contribution is -2.37. The average molecular weight is 410 g/mol. The molecule has 0 spiro atoms. The van der Waals surface area contributed by atoms with Gasteiger partial charge in [-0.2, -0.15) is 0 Å². The Morgan fingerprint density at radius 2 is 1.92 bits per heavy atom. The number of rotatable bonds is 4. The Labute approximate surface area is 166 Å². The third kappa shape index (κ3) is 3.70. The highest BCUT2D eigenvalue weighted by Gasteiger charge is 2.37. The lowest BCUT2D eigenvalue weighted by Gasteiger charge is -2.23. The number of hydrogen-bond donors (Lipinski definition) is 1. The van der Waals surface area contributed by atoms with Crippen molar-refractivity contribution in [3.8, 4) is 0 Å². The minimum Gasteiger partial charge on any atom is -0.481 e. The number of carbonyl (C=O) groups excluding carboxylic acids is 1. The van der Waals surface area contributed by atoms with Crippen molar-refractivity contribution in [3.63, 3.8) is 0 Å². The zero-order valence-electron chi connectivity index (χ0n) is 14.0. The van der Waals surface area contributed by atoms with Crippen molar-refractivity contribution in [2.45, 2.75) is 23.8 Å². The van der Waals surface area contributed by atoms with Crippen LogP contribution in [0.2, 0.25) is 10.0 Å². The van der Waals surface area contributed by atoms with Crippen LogP contribution in [0.25, 0.3) is 0 Å². The van der Waals surface area contributed by atoms with Gasteiger partial charge in [0.1, 0.15) is 0 Å². The smallest absolute Gasteiger partial charge is 0.305 e. The summed E-state index contributed by atoms with van der Waals surface area (Å²) in [5, 5.41) is 9.41. The molecule has 0 aromatic heterocycles. The van der Waals surface area contributed by atoms with E-state index in [1.165, 1.54) is 11.8 Å². The summed E-state index contributed by atoms with van der Waals surface area (Å²) in [7, 11) is 0. The molecule has 0 saturated heterocycles. The maximum absolute atomic E-state index is 13.0. The Balaban J connectivity index is 2.20. The van der Waals surface area contributed by atoms with E-state index in [2.05, 4.69) is 0 Å². The molecule has 0 aliphatic carbocycles. The number of hydrogen-bond acceptors (Lipinski definition) is 3. The molecule has 3 rings (SSSR count). The van der Waals surface area contributed by atoms with E-state index < -0.39 is 11.2 Å². The fourth-order valence-electron chi connectivity index (χ4n) is 3.12. The van der Waals surface area contributed by atoms with Crippen LogP contribution >= 0.6 is 35.0 Å². The first-order valence-corrected chi connectivity index (χ1v) is 9.84. The van der Waals surface area contributed by atoms with Crippen molar-refractivity contribution < 1.29 is 14.7 Å². The normalized spacial score (nSPS) is 19.8. The average Bonchev–Trinajstić information content (AvgIpc) is 2.70. The van der Waals surface area contributed by atoms with E-state index >= 15 is 0 Å². The summed E-state index contributed by atoms with van der Waals surface area (Å²) in [5.74, 6) is -1.22. The molecule has 0 saturated carbocycles. The zero-order chi connectivity index (χ0) is 18.8. The van der Waals surface area contributed by atoms with E-state index in [9.17, 15) is 14.7 Å². The monoisotopic (exact) mass is 409 g/mol. The number of aliphatic carboxylic acids is 1. The topological polar surface area (TPSA) is 57.6 Å². The van der Waals surface area contributed by atoms with Crippen molar-refractivity contribution in [1.29, 1.82) is 0 Å². The second-order valence-corrected chi connectivity index (χ2v) is 8.07. The first kappa shape index (κ1) is 19.1. The Kier molecular flexibility index (Phi) is 5.80. The van der Waals surface area contributed by atoms with Crippen LogP contribution in [0, 0.1) is 0 Å². The standard InChI is InChI=1S/C19H17Cl2NO3S/c1-2-22-15-8-7-11(20)9-13(15)18(12-5-3-4-6-14(12)21)26-16(19(22)25)10-17(23)24/h3-9,16,18H,2,10H2,1H3,(H,23,24). The second kappa shape index (κ2) is 7.91. The van der Waals surface area contributed by atoms with Crippen molar-refractivity contribution in [3.05, 3.63) is 63.6 Å². The molecule has 0 bridgehead atoms. The minimum absolute atomic E-state index is 0.210. The Morgan fingerprint density at radius 1 is 1.19 bits per heavy atom. The maximum atomic E-state index is 13.0. The molecule has 1 aliphatic heterocycles.